The van der Waals surface area contributed by atoms with Crippen molar-refractivity contribution in [3.05, 3.63) is 0 Å². The molecule has 0 radical (unpaired) electrons. The van der Waals surface area contributed by atoms with Crippen LogP contribution in [0.25, 0.3) is 0 Å². The van der Waals surface area contributed by atoms with Crippen LogP contribution < -0.4 is 5.32 Å². The third-order valence-electron chi connectivity index (χ3n) is 4.25. The number of rotatable bonds is 4. The number of nitrogens with zero attached hydrogens (tertiary/aromatic N) is 1. The van der Waals surface area contributed by atoms with Crippen LogP contribution in [0, 0.1) is 5.92 Å². The molecule has 2 heterocycles. The van der Waals surface area contributed by atoms with Crippen LogP contribution in [0.15, 0.2) is 0 Å². The Morgan fingerprint density at radius 1 is 1.25 bits per heavy atom. The van der Waals surface area contributed by atoms with Crippen molar-refractivity contribution in [1.82, 2.24) is 10.2 Å². The van der Waals surface area contributed by atoms with Gasteiger partial charge in [0.25, 0.3) is 0 Å². The van der Waals surface area contributed by atoms with Crippen LogP contribution in [0.2, 0.25) is 0 Å². The number of hydrogen-bond donors (Lipinski definition) is 3. The summed E-state index contributed by atoms with van der Waals surface area (Å²) in [6, 6.07) is -1.03. The monoisotopic (exact) mass is 284 g/mol. The first-order valence-electron chi connectivity index (χ1n) is 7.38. The summed E-state index contributed by atoms with van der Waals surface area (Å²) in [7, 11) is 0. The Morgan fingerprint density at radius 2 is 1.80 bits per heavy atom. The topological polar surface area (TPSA) is 89.9 Å². The van der Waals surface area contributed by atoms with Gasteiger partial charge in [-0.2, -0.15) is 0 Å². The van der Waals surface area contributed by atoms with Crippen molar-refractivity contribution in [2.45, 2.75) is 70.2 Å². The van der Waals surface area contributed by atoms with Gasteiger partial charge in [-0.05, 0) is 38.0 Å². The summed E-state index contributed by atoms with van der Waals surface area (Å²) in [5, 5.41) is 21.6. The van der Waals surface area contributed by atoms with E-state index < -0.39 is 12.0 Å². The Hall–Kier alpha value is -1.30. The Balaban J connectivity index is 1.99. The van der Waals surface area contributed by atoms with Gasteiger partial charge in [0.2, 0.25) is 0 Å². The zero-order chi connectivity index (χ0) is 14.9. The van der Waals surface area contributed by atoms with Crippen LogP contribution in [0.5, 0.6) is 0 Å². The normalized spacial score (nSPS) is 30.4. The van der Waals surface area contributed by atoms with E-state index in [0.717, 1.165) is 12.8 Å². The standard InChI is InChI=1S/C14H24N2O4/c1-8(2)5-12(13(18)19)15-14(20)16-9-3-4-10(16)7-11(17)6-9/h8-12,17H,3-7H2,1-2H3,(H,15,20)(H,18,19)/t9?,10?,11?,12-/m0/s1. The predicted octanol–water partition coefficient (Wildman–Crippen LogP) is 1.18. The van der Waals surface area contributed by atoms with Crippen molar-refractivity contribution in [3.8, 4) is 0 Å². The van der Waals surface area contributed by atoms with Gasteiger partial charge in [-0.15, -0.1) is 0 Å². The van der Waals surface area contributed by atoms with Crippen LogP contribution in [-0.2, 0) is 4.79 Å². The summed E-state index contributed by atoms with van der Waals surface area (Å²) in [5.74, 6) is -0.784. The molecule has 114 valence electrons. The third-order valence-corrected chi connectivity index (χ3v) is 4.25. The highest BCUT2D eigenvalue weighted by atomic mass is 16.4. The van der Waals surface area contributed by atoms with Gasteiger partial charge in [-0.25, -0.2) is 9.59 Å². The van der Waals surface area contributed by atoms with Crippen LogP contribution in [0.4, 0.5) is 4.79 Å². The second-order valence-electron chi connectivity index (χ2n) is 6.39. The summed E-state index contributed by atoms with van der Waals surface area (Å²) in [4.78, 5) is 25.3. The van der Waals surface area contributed by atoms with E-state index in [9.17, 15) is 19.8 Å². The number of nitrogens with one attached hydrogen (secondary N) is 1. The number of urea groups is 1. The fourth-order valence-corrected chi connectivity index (χ4v) is 3.40. The number of aliphatic carboxylic acids is 1. The molecule has 2 amide bonds. The molecule has 3 N–H and O–H groups in total. The maximum absolute atomic E-state index is 12.3. The minimum absolute atomic E-state index is 0.0530. The Labute approximate surface area is 119 Å². The highest BCUT2D eigenvalue weighted by molar-refractivity contribution is 5.83. The molecule has 3 atom stereocenters. The number of piperidine rings is 1. The van der Waals surface area contributed by atoms with E-state index in [1.165, 1.54) is 0 Å². The SMILES string of the molecule is CC(C)C[C@H](NC(=O)N1C2CCC1CC(O)C2)C(=O)O. The average Bonchev–Trinajstić information content (AvgIpc) is 2.60. The van der Waals surface area contributed by atoms with Gasteiger partial charge in [-0.3, -0.25) is 0 Å². The summed E-state index contributed by atoms with van der Waals surface area (Å²) >= 11 is 0. The summed E-state index contributed by atoms with van der Waals surface area (Å²) in [6.07, 6.45) is 3.10. The molecule has 2 fully saturated rings. The lowest BCUT2D eigenvalue weighted by Gasteiger charge is -2.37. The molecule has 2 aliphatic heterocycles. The van der Waals surface area contributed by atoms with E-state index in [1.54, 1.807) is 4.90 Å². The molecule has 6 heteroatoms. The van der Waals surface area contributed by atoms with Gasteiger partial charge in [0.1, 0.15) is 6.04 Å². The molecule has 2 bridgehead atoms. The molecule has 20 heavy (non-hydrogen) atoms. The van der Waals surface area contributed by atoms with Crippen molar-refractivity contribution in [2.75, 3.05) is 0 Å². The number of aliphatic hydroxyl groups excluding tert-OH is 1. The molecule has 0 spiro atoms. The first-order chi connectivity index (χ1) is 9.38. The first-order valence-corrected chi connectivity index (χ1v) is 7.38. The Kier molecular flexibility index (Phi) is 4.52. The molecule has 2 saturated heterocycles. The van der Waals surface area contributed by atoms with Gasteiger partial charge in [0.05, 0.1) is 6.10 Å². The molecule has 0 aliphatic carbocycles. The maximum Gasteiger partial charge on any atom is 0.326 e. The smallest absolute Gasteiger partial charge is 0.326 e. The molecule has 0 aromatic carbocycles. The van der Waals surface area contributed by atoms with Gasteiger partial charge in [0, 0.05) is 12.1 Å². The number of hydrogen-bond acceptors (Lipinski definition) is 3. The quantitative estimate of drug-likeness (QED) is 0.723. The van der Waals surface area contributed by atoms with Crippen molar-refractivity contribution < 1.29 is 19.8 Å². The second kappa shape index (κ2) is 5.99. The van der Waals surface area contributed by atoms with Crippen molar-refractivity contribution in [3.63, 3.8) is 0 Å². The zero-order valence-corrected chi connectivity index (χ0v) is 12.1. The zero-order valence-electron chi connectivity index (χ0n) is 12.1. The van der Waals surface area contributed by atoms with Crippen LogP contribution in [0.1, 0.15) is 46.0 Å². The molecule has 0 aromatic rings. The molecule has 0 saturated carbocycles. The Morgan fingerprint density at radius 3 is 2.25 bits per heavy atom. The number of carboxylic acids is 1. The van der Waals surface area contributed by atoms with E-state index in [-0.39, 0.29) is 30.1 Å². The summed E-state index contributed by atoms with van der Waals surface area (Å²) in [5.41, 5.74) is 0. The van der Waals surface area contributed by atoms with E-state index in [2.05, 4.69) is 5.32 Å². The molecule has 2 unspecified atom stereocenters. The fraction of sp³-hybridized carbons (Fsp3) is 0.857. The summed E-state index contributed by atoms with van der Waals surface area (Å²) in [6.45, 7) is 3.87. The van der Waals surface area contributed by atoms with Crippen LogP contribution >= 0.6 is 0 Å². The minimum atomic E-state index is -0.989. The van der Waals surface area contributed by atoms with E-state index in [1.807, 2.05) is 13.8 Å². The molecule has 0 aromatic heterocycles. The fourth-order valence-electron chi connectivity index (χ4n) is 3.40. The van der Waals surface area contributed by atoms with Gasteiger partial charge < -0.3 is 20.4 Å². The molecular weight excluding hydrogens is 260 g/mol. The number of carbonyl (C=O) groups excluding carboxylic acids is 1. The molecular formula is C14H24N2O4. The number of carbonyl (C=O) groups is 2. The van der Waals surface area contributed by atoms with Gasteiger partial charge in [-0.1, -0.05) is 13.8 Å². The highest BCUT2D eigenvalue weighted by Crippen LogP contribution is 2.35. The van der Waals surface area contributed by atoms with Gasteiger partial charge >= 0.3 is 12.0 Å². The van der Waals surface area contributed by atoms with Crippen LogP contribution in [-0.4, -0.2) is 51.3 Å². The first kappa shape index (κ1) is 15.1. The van der Waals surface area contributed by atoms with Crippen LogP contribution in [0.3, 0.4) is 0 Å². The lowest BCUT2D eigenvalue weighted by Crippen LogP contribution is -2.55. The maximum atomic E-state index is 12.3. The minimum Gasteiger partial charge on any atom is -0.480 e. The number of amides is 2. The van der Waals surface area contributed by atoms with E-state index in [4.69, 9.17) is 0 Å². The number of carboxylic acid groups (broad SMARTS) is 1. The lowest BCUT2D eigenvalue weighted by atomic mass is 10.00. The second-order valence-corrected chi connectivity index (χ2v) is 6.39. The Bertz CT molecular complexity index is 371. The largest absolute Gasteiger partial charge is 0.480 e. The van der Waals surface area contributed by atoms with Crippen molar-refractivity contribution in [2.24, 2.45) is 5.92 Å². The third kappa shape index (κ3) is 3.23. The van der Waals surface area contributed by atoms with Gasteiger partial charge in [0.15, 0.2) is 0 Å². The summed E-state index contributed by atoms with van der Waals surface area (Å²) < 4.78 is 0. The lowest BCUT2D eigenvalue weighted by molar-refractivity contribution is -0.139. The van der Waals surface area contributed by atoms with E-state index in [0.29, 0.717) is 19.3 Å². The number of aliphatic hydroxyl groups is 1. The highest BCUT2D eigenvalue weighted by Gasteiger charge is 2.43. The average molecular weight is 284 g/mol. The molecule has 6 nitrogen and oxygen atoms in total. The predicted molar refractivity (Wildman–Crippen MR) is 73.3 cm³/mol. The number of fused-ring (bicyclic) bond motifs is 2. The van der Waals surface area contributed by atoms with Crippen molar-refractivity contribution >= 4 is 12.0 Å². The van der Waals surface area contributed by atoms with Crippen molar-refractivity contribution in [1.29, 1.82) is 0 Å². The molecule has 2 aliphatic rings. The molecule has 2 rings (SSSR count). The van der Waals surface area contributed by atoms with E-state index >= 15 is 0 Å².